The molecule has 0 radical (unpaired) electrons. The maximum absolute atomic E-state index is 10.7. The molecule has 0 fully saturated rings. The lowest BCUT2D eigenvalue weighted by molar-refractivity contribution is 0.0691. The van der Waals surface area contributed by atoms with E-state index in [9.17, 15) is 4.79 Å². The average molecular weight is 250 g/mol. The van der Waals surface area contributed by atoms with Crippen LogP contribution in [-0.4, -0.2) is 23.2 Å². The zero-order chi connectivity index (χ0) is 12.3. The lowest BCUT2D eigenvalue weighted by Crippen LogP contribution is -1.97. The first-order valence-electron chi connectivity index (χ1n) is 4.79. The Bertz CT molecular complexity index is 522. The summed E-state index contributed by atoms with van der Waals surface area (Å²) in [7, 11) is 1.60. The molecule has 0 unspecified atom stereocenters. The molecule has 1 aromatic carbocycles. The van der Waals surface area contributed by atoms with Gasteiger partial charge < -0.3 is 15.2 Å². The number of nitrogens with one attached hydrogen (secondary N) is 1. The summed E-state index contributed by atoms with van der Waals surface area (Å²) in [6.45, 7) is 0. The highest BCUT2D eigenvalue weighted by molar-refractivity contribution is 7.14. The summed E-state index contributed by atoms with van der Waals surface area (Å²) in [6.07, 6.45) is 0. The molecular formula is C11H10N2O3S. The third-order valence-corrected chi connectivity index (χ3v) is 2.82. The Balaban J connectivity index is 2.11. The molecule has 5 nitrogen and oxygen atoms in total. The van der Waals surface area contributed by atoms with Crippen molar-refractivity contribution >= 4 is 28.1 Å². The van der Waals surface area contributed by atoms with Crippen LogP contribution in [0.1, 0.15) is 10.5 Å². The Labute approximate surface area is 102 Å². The first kappa shape index (κ1) is 11.4. The van der Waals surface area contributed by atoms with E-state index >= 15 is 0 Å². The van der Waals surface area contributed by atoms with Crippen molar-refractivity contribution in [1.82, 2.24) is 4.98 Å². The number of aromatic carboxylic acids is 1. The van der Waals surface area contributed by atoms with Crippen LogP contribution in [0.4, 0.5) is 10.8 Å². The van der Waals surface area contributed by atoms with E-state index in [0.29, 0.717) is 5.13 Å². The van der Waals surface area contributed by atoms with Crippen LogP contribution >= 0.6 is 11.3 Å². The van der Waals surface area contributed by atoms with Gasteiger partial charge in [-0.3, -0.25) is 0 Å². The number of nitrogens with zero attached hydrogens (tertiary/aromatic N) is 1. The molecule has 0 bridgehead atoms. The van der Waals surface area contributed by atoms with Gasteiger partial charge in [0.2, 0.25) is 0 Å². The van der Waals surface area contributed by atoms with Crippen molar-refractivity contribution in [2.75, 3.05) is 12.4 Å². The lowest BCUT2D eigenvalue weighted by Gasteiger charge is -2.03. The number of rotatable bonds is 4. The topological polar surface area (TPSA) is 71.5 Å². The number of ether oxygens (including phenoxy) is 1. The van der Waals surface area contributed by atoms with Crippen LogP contribution in [0.15, 0.2) is 29.6 Å². The number of carboxylic acid groups (broad SMARTS) is 1. The van der Waals surface area contributed by atoms with Gasteiger partial charge in [0.15, 0.2) is 10.8 Å². The van der Waals surface area contributed by atoms with Gasteiger partial charge in [0.05, 0.1) is 7.11 Å². The fraction of sp³-hybridized carbons (Fsp3) is 0.0909. The minimum atomic E-state index is -1.02. The number of benzene rings is 1. The quantitative estimate of drug-likeness (QED) is 0.872. The second kappa shape index (κ2) is 4.84. The third kappa shape index (κ3) is 2.73. The van der Waals surface area contributed by atoms with E-state index in [2.05, 4.69) is 10.3 Å². The van der Waals surface area contributed by atoms with Crippen LogP contribution in [-0.2, 0) is 0 Å². The van der Waals surface area contributed by atoms with Crippen molar-refractivity contribution in [3.05, 3.63) is 35.3 Å². The summed E-state index contributed by atoms with van der Waals surface area (Å²) in [5.74, 6) is -0.259. The molecule has 0 atom stereocenters. The molecule has 0 saturated heterocycles. The highest BCUT2D eigenvalue weighted by Gasteiger charge is 2.08. The van der Waals surface area contributed by atoms with Crippen LogP contribution < -0.4 is 10.1 Å². The number of anilines is 2. The van der Waals surface area contributed by atoms with E-state index in [1.807, 2.05) is 24.3 Å². The maximum Gasteiger partial charge on any atom is 0.355 e. The van der Waals surface area contributed by atoms with Crippen molar-refractivity contribution in [2.45, 2.75) is 0 Å². The fourth-order valence-electron chi connectivity index (χ4n) is 1.23. The molecule has 0 aliphatic heterocycles. The first-order chi connectivity index (χ1) is 8.19. The molecular weight excluding hydrogens is 240 g/mol. The van der Waals surface area contributed by atoms with Gasteiger partial charge in [-0.05, 0) is 24.3 Å². The Morgan fingerprint density at radius 2 is 2.12 bits per heavy atom. The summed E-state index contributed by atoms with van der Waals surface area (Å²) in [5.41, 5.74) is 0.878. The van der Waals surface area contributed by atoms with Gasteiger partial charge in [-0.25, -0.2) is 9.78 Å². The summed E-state index contributed by atoms with van der Waals surface area (Å²) in [4.78, 5) is 14.6. The van der Waals surface area contributed by atoms with E-state index in [1.165, 1.54) is 16.7 Å². The van der Waals surface area contributed by atoms with E-state index in [-0.39, 0.29) is 5.69 Å². The van der Waals surface area contributed by atoms with Gasteiger partial charge in [0.25, 0.3) is 0 Å². The molecule has 0 amide bonds. The molecule has 0 spiro atoms. The number of methoxy groups -OCH3 is 1. The number of carbonyl (C=O) groups is 1. The molecule has 1 heterocycles. The zero-order valence-corrected chi connectivity index (χ0v) is 9.82. The predicted octanol–water partition coefficient (Wildman–Crippen LogP) is 2.59. The van der Waals surface area contributed by atoms with Crippen molar-refractivity contribution in [3.63, 3.8) is 0 Å². The van der Waals surface area contributed by atoms with Gasteiger partial charge in [0.1, 0.15) is 5.75 Å². The van der Waals surface area contributed by atoms with Gasteiger partial charge >= 0.3 is 5.97 Å². The van der Waals surface area contributed by atoms with Crippen LogP contribution in [0.25, 0.3) is 0 Å². The zero-order valence-electron chi connectivity index (χ0n) is 9.01. The number of hydrogen-bond acceptors (Lipinski definition) is 5. The van der Waals surface area contributed by atoms with Crippen LogP contribution in [0.5, 0.6) is 5.75 Å². The fourth-order valence-corrected chi connectivity index (χ4v) is 1.93. The second-order valence-electron chi connectivity index (χ2n) is 3.20. The first-order valence-corrected chi connectivity index (χ1v) is 5.67. The molecule has 0 saturated carbocycles. The molecule has 0 aliphatic carbocycles. The Morgan fingerprint density at radius 3 is 2.65 bits per heavy atom. The Hall–Kier alpha value is -2.08. The molecule has 1 aromatic heterocycles. The largest absolute Gasteiger partial charge is 0.497 e. The molecule has 2 N–H and O–H groups in total. The summed E-state index contributed by atoms with van der Waals surface area (Å²) in [5, 5.41) is 13.8. The van der Waals surface area contributed by atoms with E-state index in [4.69, 9.17) is 9.84 Å². The van der Waals surface area contributed by atoms with Crippen LogP contribution in [0.3, 0.4) is 0 Å². The smallest absolute Gasteiger partial charge is 0.355 e. The Kier molecular flexibility index (Phi) is 3.24. The average Bonchev–Trinajstić information content (AvgIpc) is 2.79. The van der Waals surface area contributed by atoms with Crippen molar-refractivity contribution in [3.8, 4) is 5.75 Å². The Morgan fingerprint density at radius 1 is 1.41 bits per heavy atom. The normalized spacial score (nSPS) is 9.94. The third-order valence-electron chi connectivity index (χ3n) is 2.06. The number of thiazole rings is 1. The van der Waals surface area contributed by atoms with Gasteiger partial charge in [0, 0.05) is 11.1 Å². The predicted molar refractivity (Wildman–Crippen MR) is 65.4 cm³/mol. The summed E-state index contributed by atoms with van der Waals surface area (Å²) < 4.78 is 5.04. The highest BCUT2D eigenvalue weighted by atomic mass is 32.1. The molecule has 2 aromatic rings. The SMILES string of the molecule is COc1ccc(Nc2nc(C(=O)O)cs2)cc1. The minimum Gasteiger partial charge on any atom is -0.497 e. The lowest BCUT2D eigenvalue weighted by atomic mass is 10.3. The van der Waals surface area contributed by atoms with Gasteiger partial charge in [-0.2, -0.15) is 0 Å². The van der Waals surface area contributed by atoms with Gasteiger partial charge in [-0.1, -0.05) is 0 Å². The minimum absolute atomic E-state index is 0.0472. The summed E-state index contributed by atoms with van der Waals surface area (Å²) in [6, 6.07) is 7.30. The van der Waals surface area contributed by atoms with Crippen molar-refractivity contribution < 1.29 is 14.6 Å². The van der Waals surface area contributed by atoms with Crippen LogP contribution in [0, 0.1) is 0 Å². The number of carboxylic acids is 1. The van der Waals surface area contributed by atoms with Crippen LogP contribution in [0.2, 0.25) is 0 Å². The number of hydrogen-bond donors (Lipinski definition) is 2. The highest BCUT2D eigenvalue weighted by Crippen LogP contribution is 2.22. The van der Waals surface area contributed by atoms with E-state index in [0.717, 1.165) is 11.4 Å². The number of aromatic nitrogens is 1. The molecule has 6 heteroatoms. The van der Waals surface area contributed by atoms with E-state index in [1.54, 1.807) is 7.11 Å². The second-order valence-corrected chi connectivity index (χ2v) is 4.05. The summed E-state index contributed by atoms with van der Waals surface area (Å²) >= 11 is 1.25. The van der Waals surface area contributed by atoms with E-state index < -0.39 is 5.97 Å². The molecule has 88 valence electrons. The van der Waals surface area contributed by atoms with Crippen molar-refractivity contribution in [2.24, 2.45) is 0 Å². The maximum atomic E-state index is 10.7. The molecule has 17 heavy (non-hydrogen) atoms. The molecule has 2 rings (SSSR count). The standard InChI is InChI=1S/C11H10N2O3S/c1-16-8-4-2-7(3-5-8)12-11-13-9(6-17-11)10(14)15/h2-6H,1H3,(H,12,13)(H,14,15). The molecule has 0 aliphatic rings. The monoisotopic (exact) mass is 250 g/mol. The van der Waals surface area contributed by atoms with Gasteiger partial charge in [-0.15, -0.1) is 11.3 Å². The van der Waals surface area contributed by atoms with Crippen molar-refractivity contribution in [1.29, 1.82) is 0 Å².